The van der Waals surface area contributed by atoms with E-state index in [1.165, 1.54) is 17.3 Å². The van der Waals surface area contributed by atoms with Gasteiger partial charge in [0.25, 0.3) is 5.91 Å². The largest absolute Gasteiger partial charge is 0.496 e. The van der Waals surface area contributed by atoms with Crippen molar-refractivity contribution in [3.05, 3.63) is 64.6 Å². The lowest BCUT2D eigenvalue weighted by Crippen LogP contribution is -2.30. The SMILES string of the molecule is CCc1ccc(N[C@H]2NC(=O)/C(=C/c3ccccc3OC)S2)cc1. The van der Waals surface area contributed by atoms with Crippen molar-refractivity contribution >= 4 is 29.4 Å². The van der Waals surface area contributed by atoms with Crippen LogP contribution in [0.15, 0.2) is 53.4 Å². The Hall–Kier alpha value is -2.40. The molecule has 1 aliphatic heterocycles. The van der Waals surface area contributed by atoms with Crippen LogP contribution < -0.4 is 15.4 Å². The van der Waals surface area contributed by atoms with E-state index in [0.717, 1.165) is 23.4 Å². The Morgan fingerprint density at radius 2 is 1.96 bits per heavy atom. The number of rotatable bonds is 5. The lowest BCUT2D eigenvalue weighted by Gasteiger charge is -2.12. The molecule has 1 amide bonds. The highest BCUT2D eigenvalue weighted by atomic mass is 32.2. The average Bonchev–Trinajstić information content (AvgIpc) is 2.95. The number of thioether (sulfide) groups is 1. The molecule has 1 aliphatic rings. The fraction of sp³-hybridized carbons (Fsp3) is 0.211. The lowest BCUT2D eigenvalue weighted by molar-refractivity contribution is -0.116. The van der Waals surface area contributed by atoms with Gasteiger partial charge in [0, 0.05) is 11.3 Å². The molecule has 5 heteroatoms. The first-order valence-corrected chi connectivity index (χ1v) is 8.75. The third-order valence-corrected chi connectivity index (χ3v) is 4.84. The predicted molar refractivity (Wildman–Crippen MR) is 99.9 cm³/mol. The standard InChI is InChI=1S/C19H20N2O2S/c1-3-13-8-10-15(11-9-13)20-19-21-18(22)17(24-19)12-14-6-4-5-7-16(14)23-2/h4-12,19-20H,3H2,1-2H3,(H,21,22)/b17-12-/t19-/m0/s1. The van der Waals surface area contributed by atoms with Crippen LogP contribution in [-0.4, -0.2) is 18.5 Å². The van der Waals surface area contributed by atoms with E-state index in [1.807, 2.05) is 42.5 Å². The summed E-state index contributed by atoms with van der Waals surface area (Å²) < 4.78 is 5.33. The number of benzene rings is 2. The molecule has 0 aromatic heterocycles. The zero-order chi connectivity index (χ0) is 16.9. The van der Waals surface area contributed by atoms with Crippen LogP contribution in [0.4, 0.5) is 5.69 Å². The molecule has 0 aliphatic carbocycles. The van der Waals surface area contributed by atoms with Crippen LogP contribution in [0.2, 0.25) is 0 Å². The molecule has 4 nitrogen and oxygen atoms in total. The Kier molecular flexibility index (Phi) is 5.11. The molecule has 1 atom stereocenters. The number of anilines is 1. The van der Waals surface area contributed by atoms with E-state index in [0.29, 0.717) is 4.91 Å². The summed E-state index contributed by atoms with van der Waals surface area (Å²) in [5.74, 6) is 0.679. The Bertz CT molecular complexity index is 756. The van der Waals surface area contributed by atoms with E-state index in [4.69, 9.17) is 4.74 Å². The van der Waals surface area contributed by atoms with Gasteiger partial charge in [0.2, 0.25) is 0 Å². The van der Waals surface area contributed by atoms with Gasteiger partial charge >= 0.3 is 0 Å². The molecule has 0 unspecified atom stereocenters. The van der Waals surface area contributed by atoms with Crippen molar-refractivity contribution in [1.29, 1.82) is 0 Å². The Morgan fingerprint density at radius 1 is 1.21 bits per heavy atom. The van der Waals surface area contributed by atoms with E-state index in [2.05, 4.69) is 29.7 Å². The highest BCUT2D eigenvalue weighted by molar-refractivity contribution is 8.05. The first kappa shape index (κ1) is 16.5. The topological polar surface area (TPSA) is 50.4 Å². The predicted octanol–water partition coefficient (Wildman–Crippen LogP) is 3.86. The Labute approximate surface area is 146 Å². The maximum atomic E-state index is 12.2. The van der Waals surface area contributed by atoms with E-state index in [9.17, 15) is 4.79 Å². The van der Waals surface area contributed by atoms with Gasteiger partial charge in [-0.1, -0.05) is 49.0 Å². The van der Waals surface area contributed by atoms with Gasteiger partial charge in [-0.3, -0.25) is 4.79 Å². The van der Waals surface area contributed by atoms with Crippen molar-refractivity contribution < 1.29 is 9.53 Å². The number of carbonyl (C=O) groups excluding carboxylic acids is 1. The van der Waals surface area contributed by atoms with Crippen molar-refractivity contribution in [3.8, 4) is 5.75 Å². The molecular formula is C19H20N2O2S. The number of hydrogen-bond donors (Lipinski definition) is 2. The van der Waals surface area contributed by atoms with Crippen LogP contribution in [0.5, 0.6) is 5.75 Å². The van der Waals surface area contributed by atoms with Crippen LogP contribution in [0.1, 0.15) is 18.1 Å². The number of para-hydroxylation sites is 1. The third-order valence-electron chi connectivity index (χ3n) is 3.82. The normalized spacial score (nSPS) is 18.5. The van der Waals surface area contributed by atoms with Crippen LogP contribution >= 0.6 is 11.8 Å². The molecule has 1 saturated heterocycles. The summed E-state index contributed by atoms with van der Waals surface area (Å²) in [4.78, 5) is 12.9. The van der Waals surface area contributed by atoms with Crippen molar-refractivity contribution in [2.75, 3.05) is 12.4 Å². The Morgan fingerprint density at radius 3 is 2.67 bits per heavy atom. The van der Waals surface area contributed by atoms with Gasteiger partial charge in [-0.05, 0) is 36.3 Å². The maximum absolute atomic E-state index is 12.2. The highest BCUT2D eigenvalue weighted by Crippen LogP contribution is 2.32. The quantitative estimate of drug-likeness (QED) is 0.812. The Balaban J connectivity index is 1.72. The second kappa shape index (κ2) is 7.45. The molecule has 1 fully saturated rings. The van der Waals surface area contributed by atoms with Crippen LogP contribution in [0.3, 0.4) is 0 Å². The highest BCUT2D eigenvalue weighted by Gasteiger charge is 2.27. The molecule has 0 spiro atoms. The molecule has 2 N–H and O–H groups in total. The van der Waals surface area contributed by atoms with Crippen molar-refractivity contribution in [3.63, 3.8) is 0 Å². The minimum atomic E-state index is -0.175. The minimum absolute atomic E-state index is 0.0754. The number of amides is 1. The average molecular weight is 340 g/mol. The molecule has 0 radical (unpaired) electrons. The minimum Gasteiger partial charge on any atom is -0.496 e. The van der Waals surface area contributed by atoms with Gasteiger partial charge in [0.1, 0.15) is 5.75 Å². The van der Waals surface area contributed by atoms with Crippen molar-refractivity contribution in [1.82, 2.24) is 5.32 Å². The van der Waals surface area contributed by atoms with Crippen LogP contribution in [0.25, 0.3) is 6.08 Å². The molecule has 124 valence electrons. The molecular weight excluding hydrogens is 320 g/mol. The van der Waals surface area contributed by atoms with Crippen LogP contribution in [-0.2, 0) is 11.2 Å². The fourth-order valence-electron chi connectivity index (χ4n) is 2.48. The van der Waals surface area contributed by atoms with Gasteiger partial charge in [0.15, 0.2) is 5.50 Å². The molecule has 0 bridgehead atoms. The van der Waals surface area contributed by atoms with Crippen molar-refractivity contribution in [2.45, 2.75) is 18.8 Å². The number of hydrogen-bond acceptors (Lipinski definition) is 4. The first-order valence-electron chi connectivity index (χ1n) is 7.87. The van der Waals surface area contributed by atoms with E-state index >= 15 is 0 Å². The molecule has 1 heterocycles. The smallest absolute Gasteiger partial charge is 0.260 e. The number of aryl methyl sites for hydroxylation is 1. The number of methoxy groups -OCH3 is 1. The van der Waals surface area contributed by atoms with E-state index < -0.39 is 0 Å². The maximum Gasteiger partial charge on any atom is 0.260 e. The van der Waals surface area contributed by atoms with Gasteiger partial charge < -0.3 is 15.4 Å². The molecule has 24 heavy (non-hydrogen) atoms. The van der Waals surface area contributed by atoms with Gasteiger partial charge in [-0.25, -0.2) is 0 Å². The number of carbonyl (C=O) groups is 1. The second-order valence-corrected chi connectivity index (χ2v) is 6.56. The number of ether oxygens (including phenoxy) is 1. The summed E-state index contributed by atoms with van der Waals surface area (Å²) in [6.07, 6.45) is 2.88. The van der Waals surface area contributed by atoms with Crippen LogP contribution in [0, 0.1) is 0 Å². The summed E-state index contributed by atoms with van der Waals surface area (Å²) in [7, 11) is 1.63. The van der Waals surface area contributed by atoms with E-state index in [1.54, 1.807) is 7.11 Å². The number of nitrogens with one attached hydrogen (secondary N) is 2. The second-order valence-electron chi connectivity index (χ2n) is 5.42. The monoisotopic (exact) mass is 340 g/mol. The molecule has 0 saturated carbocycles. The molecule has 2 aromatic rings. The fourth-order valence-corrected chi connectivity index (χ4v) is 3.46. The summed E-state index contributed by atoms with van der Waals surface area (Å²) in [6.45, 7) is 2.13. The van der Waals surface area contributed by atoms with Gasteiger partial charge in [-0.2, -0.15) is 0 Å². The molecule has 3 rings (SSSR count). The van der Waals surface area contributed by atoms with Gasteiger partial charge in [0.05, 0.1) is 12.0 Å². The summed E-state index contributed by atoms with van der Waals surface area (Å²) in [5, 5.41) is 6.27. The lowest BCUT2D eigenvalue weighted by atomic mass is 10.1. The zero-order valence-corrected chi connectivity index (χ0v) is 14.5. The zero-order valence-electron chi connectivity index (χ0n) is 13.7. The van der Waals surface area contributed by atoms with Gasteiger partial charge in [-0.15, -0.1) is 0 Å². The van der Waals surface area contributed by atoms with E-state index in [-0.39, 0.29) is 11.4 Å². The summed E-state index contributed by atoms with van der Waals surface area (Å²) in [6, 6.07) is 15.9. The molecule has 2 aromatic carbocycles. The van der Waals surface area contributed by atoms with Crippen molar-refractivity contribution in [2.24, 2.45) is 0 Å². The first-order chi connectivity index (χ1) is 11.7. The third kappa shape index (κ3) is 3.74. The summed E-state index contributed by atoms with van der Waals surface area (Å²) >= 11 is 1.47. The summed E-state index contributed by atoms with van der Waals surface area (Å²) in [5.41, 5.74) is 3.00.